The standard InChI is InChI=1S/C22H27F3N2OS/c1-21(2,3)28-19-9-7-16(8-10-19)14-27-12-11-18(15-27)26-29-20-6-4-5-17(13-20)22(23,24)25/h4-10,13,18,26H,11-12,14-15H2,1-3H3. The summed E-state index contributed by atoms with van der Waals surface area (Å²) in [5.74, 6) is 0.861. The smallest absolute Gasteiger partial charge is 0.416 e. The number of likely N-dealkylation sites (tertiary alicyclic amines) is 1. The van der Waals surface area contributed by atoms with Gasteiger partial charge in [-0.1, -0.05) is 18.2 Å². The highest BCUT2D eigenvalue weighted by Crippen LogP contribution is 2.31. The van der Waals surface area contributed by atoms with E-state index in [1.807, 2.05) is 32.9 Å². The fourth-order valence-electron chi connectivity index (χ4n) is 3.23. The number of halogens is 3. The van der Waals surface area contributed by atoms with Gasteiger partial charge in [0.2, 0.25) is 0 Å². The third-order valence-corrected chi connectivity index (χ3v) is 5.47. The molecule has 0 radical (unpaired) electrons. The summed E-state index contributed by atoms with van der Waals surface area (Å²) in [6, 6.07) is 13.8. The lowest BCUT2D eigenvalue weighted by atomic mass is 10.1. The second kappa shape index (κ2) is 8.98. The second-order valence-corrected chi connectivity index (χ2v) is 9.24. The first kappa shape index (κ1) is 22.0. The van der Waals surface area contributed by atoms with E-state index in [9.17, 15) is 13.2 Å². The average Bonchev–Trinajstić information content (AvgIpc) is 3.07. The van der Waals surface area contributed by atoms with E-state index in [0.29, 0.717) is 4.90 Å². The minimum atomic E-state index is -4.31. The van der Waals surface area contributed by atoms with E-state index in [0.717, 1.165) is 37.9 Å². The van der Waals surface area contributed by atoms with Gasteiger partial charge < -0.3 is 4.74 Å². The first-order valence-electron chi connectivity index (χ1n) is 9.68. The number of hydrogen-bond donors (Lipinski definition) is 1. The van der Waals surface area contributed by atoms with Crippen molar-refractivity contribution in [1.29, 1.82) is 0 Å². The normalized spacial score (nSPS) is 18.2. The largest absolute Gasteiger partial charge is 0.488 e. The van der Waals surface area contributed by atoms with Crippen molar-refractivity contribution < 1.29 is 17.9 Å². The Balaban J connectivity index is 1.47. The van der Waals surface area contributed by atoms with Crippen molar-refractivity contribution in [2.45, 2.75) is 56.5 Å². The van der Waals surface area contributed by atoms with E-state index in [-0.39, 0.29) is 11.6 Å². The summed E-state index contributed by atoms with van der Waals surface area (Å²) in [4.78, 5) is 2.93. The van der Waals surface area contributed by atoms with Gasteiger partial charge in [-0.25, -0.2) is 0 Å². The molecule has 158 valence electrons. The SMILES string of the molecule is CC(C)(C)Oc1ccc(CN2CCC(NSc3cccc(C(F)(F)F)c3)C2)cc1. The zero-order chi connectivity index (χ0) is 21.1. The topological polar surface area (TPSA) is 24.5 Å². The van der Waals surface area contributed by atoms with Gasteiger partial charge in [-0.2, -0.15) is 13.2 Å². The van der Waals surface area contributed by atoms with Crippen LogP contribution in [0.15, 0.2) is 53.4 Å². The van der Waals surface area contributed by atoms with Gasteiger partial charge in [0.05, 0.1) is 5.56 Å². The van der Waals surface area contributed by atoms with Gasteiger partial charge in [0.15, 0.2) is 0 Å². The molecular weight excluding hydrogens is 397 g/mol. The molecule has 2 aromatic rings. The third-order valence-electron chi connectivity index (χ3n) is 4.53. The molecule has 0 spiro atoms. The summed E-state index contributed by atoms with van der Waals surface area (Å²) in [7, 11) is 0. The van der Waals surface area contributed by atoms with Crippen molar-refractivity contribution in [3.05, 3.63) is 59.7 Å². The lowest BCUT2D eigenvalue weighted by molar-refractivity contribution is -0.137. The zero-order valence-corrected chi connectivity index (χ0v) is 17.7. The number of nitrogens with one attached hydrogen (secondary N) is 1. The Labute approximate surface area is 174 Å². The molecule has 1 fully saturated rings. The molecule has 2 aromatic carbocycles. The van der Waals surface area contributed by atoms with Crippen molar-refractivity contribution in [2.24, 2.45) is 0 Å². The van der Waals surface area contributed by atoms with Crippen molar-refractivity contribution >= 4 is 11.9 Å². The van der Waals surface area contributed by atoms with E-state index < -0.39 is 11.7 Å². The molecule has 7 heteroatoms. The first-order chi connectivity index (χ1) is 13.6. The molecule has 0 aliphatic carbocycles. The van der Waals surface area contributed by atoms with E-state index in [2.05, 4.69) is 21.8 Å². The van der Waals surface area contributed by atoms with Crippen molar-refractivity contribution in [3.8, 4) is 5.75 Å². The Morgan fingerprint density at radius 3 is 2.48 bits per heavy atom. The van der Waals surface area contributed by atoms with Crippen molar-refractivity contribution in [2.75, 3.05) is 13.1 Å². The van der Waals surface area contributed by atoms with Gasteiger partial charge in [0.1, 0.15) is 11.4 Å². The Bertz CT molecular complexity index is 803. The Hall–Kier alpha value is -1.70. The molecule has 0 saturated carbocycles. The van der Waals surface area contributed by atoms with Crippen LogP contribution in [-0.2, 0) is 12.7 Å². The highest BCUT2D eigenvalue weighted by atomic mass is 32.2. The lowest BCUT2D eigenvalue weighted by Gasteiger charge is -2.22. The van der Waals surface area contributed by atoms with Gasteiger partial charge in [0.25, 0.3) is 0 Å². The molecule has 29 heavy (non-hydrogen) atoms. The van der Waals surface area contributed by atoms with Gasteiger partial charge in [-0.3, -0.25) is 9.62 Å². The van der Waals surface area contributed by atoms with Gasteiger partial charge >= 0.3 is 6.18 Å². The van der Waals surface area contributed by atoms with Crippen LogP contribution in [0.5, 0.6) is 5.75 Å². The molecule has 1 unspecified atom stereocenters. The number of rotatable bonds is 6. The third kappa shape index (κ3) is 6.94. The van der Waals surface area contributed by atoms with Crippen LogP contribution in [0.25, 0.3) is 0 Å². The van der Waals surface area contributed by atoms with E-state index in [4.69, 9.17) is 4.74 Å². The fourth-order valence-corrected chi connectivity index (χ4v) is 4.06. The van der Waals surface area contributed by atoms with Gasteiger partial charge in [0, 0.05) is 30.6 Å². The molecule has 1 aliphatic heterocycles. The molecule has 3 rings (SSSR count). The molecule has 0 amide bonds. The molecule has 0 bridgehead atoms. The first-order valence-corrected chi connectivity index (χ1v) is 10.5. The second-order valence-electron chi connectivity index (χ2n) is 8.32. The van der Waals surface area contributed by atoms with Crippen LogP contribution in [0.1, 0.15) is 38.3 Å². The van der Waals surface area contributed by atoms with Crippen LogP contribution < -0.4 is 9.46 Å². The van der Waals surface area contributed by atoms with Gasteiger partial charge in [-0.15, -0.1) is 0 Å². The molecule has 1 N–H and O–H groups in total. The summed E-state index contributed by atoms with van der Waals surface area (Å²) in [6.07, 6.45) is -3.34. The Morgan fingerprint density at radius 1 is 1.10 bits per heavy atom. The highest BCUT2D eigenvalue weighted by molar-refractivity contribution is 7.97. The van der Waals surface area contributed by atoms with Crippen molar-refractivity contribution in [1.82, 2.24) is 9.62 Å². The fraction of sp³-hybridized carbons (Fsp3) is 0.455. The zero-order valence-electron chi connectivity index (χ0n) is 16.9. The van der Waals surface area contributed by atoms with E-state index in [1.165, 1.54) is 29.6 Å². The molecular formula is C22H27F3N2OS. The molecule has 3 nitrogen and oxygen atoms in total. The van der Waals surface area contributed by atoms with Crippen LogP contribution in [-0.4, -0.2) is 29.6 Å². The van der Waals surface area contributed by atoms with Crippen LogP contribution in [0.2, 0.25) is 0 Å². The average molecular weight is 425 g/mol. The van der Waals surface area contributed by atoms with Crippen LogP contribution >= 0.6 is 11.9 Å². The number of nitrogens with zero attached hydrogens (tertiary/aromatic N) is 1. The summed E-state index contributed by atoms with van der Waals surface area (Å²) in [5.41, 5.74) is 0.390. The monoisotopic (exact) mass is 424 g/mol. The quantitative estimate of drug-likeness (QED) is 0.597. The van der Waals surface area contributed by atoms with E-state index in [1.54, 1.807) is 6.07 Å². The molecule has 1 aliphatic rings. The Kier molecular flexibility index (Phi) is 6.81. The maximum absolute atomic E-state index is 12.8. The number of alkyl halides is 3. The highest BCUT2D eigenvalue weighted by Gasteiger charge is 2.30. The lowest BCUT2D eigenvalue weighted by Crippen LogP contribution is -2.28. The minimum Gasteiger partial charge on any atom is -0.488 e. The number of benzene rings is 2. The minimum absolute atomic E-state index is 0.216. The predicted octanol–water partition coefficient (Wildman–Crippen LogP) is 5.75. The van der Waals surface area contributed by atoms with Crippen LogP contribution in [0.4, 0.5) is 13.2 Å². The Morgan fingerprint density at radius 2 is 1.83 bits per heavy atom. The maximum Gasteiger partial charge on any atom is 0.416 e. The molecule has 1 saturated heterocycles. The van der Waals surface area contributed by atoms with Crippen LogP contribution in [0.3, 0.4) is 0 Å². The summed E-state index contributed by atoms with van der Waals surface area (Å²) >= 11 is 1.27. The van der Waals surface area contributed by atoms with E-state index >= 15 is 0 Å². The molecule has 1 atom stereocenters. The van der Waals surface area contributed by atoms with Crippen LogP contribution in [0, 0.1) is 0 Å². The van der Waals surface area contributed by atoms with Crippen molar-refractivity contribution in [3.63, 3.8) is 0 Å². The van der Waals surface area contributed by atoms with Gasteiger partial charge in [-0.05, 0) is 75.0 Å². The number of hydrogen-bond acceptors (Lipinski definition) is 4. The predicted molar refractivity (Wildman–Crippen MR) is 111 cm³/mol. The number of ether oxygens (including phenoxy) is 1. The summed E-state index contributed by atoms with van der Waals surface area (Å²) < 4.78 is 47.7. The molecule has 1 heterocycles. The summed E-state index contributed by atoms with van der Waals surface area (Å²) in [6.45, 7) is 8.75. The molecule has 0 aromatic heterocycles. The maximum atomic E-state index is 12.8. The summed E-state index contributed by atoms with van der Waals surface area (Å²) in [5, 5.41) is 0.